The molecule has 0 saturated carbocycles. The number of anilines is 2. The van der Waals surface area contributed by atoms with Gasteiger partial charge in [-0.05, 0) is 30.3 Å². The fraction of sp³-hybridized carbons (Fsp3) is 0. The Kier molecular flexibility index (Phi) is 3.38. The Bertz CT molecular complexity index is 577. The standard InChI is InChI=1S/C14H12N2O2/c15-13(9-17)12-3-1-2-4-14(12)16-10-5-7-11(18)8-6-10/h1-9,15-16,18H. The van der Waals surface area contributed by atoms with E-state index in [1.54, 1.807) is 42.5 Å². The molecule has 0 aliphatic rings. The Morgan fingerprint density at radius 2 is 1.78 bits per heavy atom. The van der Waals surface area contributed by atoms with E-state index in [4.69, 9.17) is 5.41 Å². The van der Waals surface area contributed by atoms with Crippen molar-refractivity contribution in [2.24, 2.45) is 0 Å². The van der Waals surface area contributed by atoms with Gasteiger partial charge in [-0.25, -0.2) is 0 Å². The average molecular weight is 240 g/mol. The minimum absolute atomic E-state index is 0.0723. The number of aromatic hydroxyl groups is 1. The van der Waals surface area contributed by atoms with Crippen LogP contribution in [0.4, 0.5) is 11.4 Å². The molecule has 0 heterocycles. The number of nitrogens with one attached hydrogen (secondary N) is 2. The molecular formula is C14H12N2O2. The normalized spacial score (nSPS) is 9.78. The van der Waals surface area contributed by atoms with Crippen LogP contribution in [0.2, 0.25) is 0 Å². The molecule has 0 saturated heterocycles. The topological polar surface area (TPSA) is 73.2 Å². The van der Waals surface area contributed by atoms with Crippen LogP contribution in [0.1, 0.15) is 5.56 Å². The van der Waals surface area contributed by atoms with Gasteiger partial charge in [0.15, 0.2) is 6.29 Å². The number of rotatable bonds is 4. The van der Waals surface area contributed by atoms with Gasteiger partial charge in [-0.3, -0.25) is 10.2 Å². The van der Waals surface area contributed by atoms with E-state index >= 15 is 0 Å². The molecule has 2 aromatic rings. The monoisotopic (exact) mass is 240 g/mol. The lowest BCUT2D eigenvalue weighted by Gasteiger charge is -2.10. The molecule has 0 unspecified atom stereocenters. The van der Waals surface area contributed by atoms with Crippen LogP contribution >= 0.6 is 0 Å². The summed E-state index contributed by atoms with van der Waals surface area (Å²) in [5, 5.41) is 19.9. The third-order valence-electron chi connectivity index (χ3n) is 2.48. The summed E-state index contributed by atoms with van der Waals surface area (Å²) in [5.74, 6) is 0.189. The first-order valence-electron chi connectivity index (χ1n) is 5.40. The van der Waals surface area contributed by atoms with Gasteiger partial charge < -0.3 is 10.4 Å². The number of carbonyl (C=O) groups is 1. The molecule has 18 heavy (non-hydrogen) atoms. The summed E-state index contributed by atoms with van der Waals surface area (Å²) < 4.78 is 0. The highest BCUT2D eigenvalue weighted by atomic mass is 16.3. The Labute approximate surface area is 104 Å². The highest BCUT2D eigenvalue weighted by Gasteiger charge is 2.06. The zero-order valence-corrected chi connectivity index (χ0v) is 9.55. The van der Waals surface area contributed by atoms with Crippen LogP contribution in [0.5, 0.6) is 5.75 Å². The molecule has 4 heteroatoms. The number of benzene rings is 2. The predicted octanol–water partition coefficient (Wildman–Crippen LogP) is 2.70. The van der Waals surface area contributed by atoms with E-state index in [0.717, 1.165) is 5.69 Å². The molecule has 0 aliphatic heterocycles. The summed E-state index contributed by atoms with van der Waals surface area (Å²) in [4.78, 5) is 10.7. The number of aldehydes is 1. The number of carbonyl (C=O) groups excluding carboxylic acids is 1. The molecule has 3 N–H and O–H groups in total. The van der Waals surface area contributed by atoms with Gasteiger partial charge in [0.1, 0.15) is 11.5 Å². The largest absolute Gasteiger partial charge is 0.508 e. The second-order valence-corrected chi connectivity index (χ2v) is 3.75. The molecule has 0 bridgehead atoms. The maximum Gasteiger partial charge on any atom is 0.168 e. The lowest BCUT2D eigenvalue weighted by Crippen LogP contribution is -2.04. The van der Waals surface area contributed by atoms with Gasteiger partial charge in [0.25, 0.3) is 0 Å². The van der Waals surface area contributed by atoms with Crippen molar-refractivity contribution >= 4 is 23.4 Å². The Morgan fingerprint density at radius 1 is 1.11 bits per heavy atom. The maximum atomic E-state index is 10.7. The van der Waals surface area contributed by atoms with Crippen molar-refractivity contribution in [3.63, 3.8) is 0 Å². The summed E-state index contributed by atoms with van der Waals surface area (Å²) in [5.41, 5.74) is 1.93. The first kappa shape index (κ1) is 11.9. The highest BCUT2D eigenvalue weighted by Crippen LogP contribution is 2.22. The van der Waals surface area contributed by atoms with Gasteiger partial charge in [-0.2, -0.15) is 0 Å². The van der Waals surface area contributed by atoms with Gasteiger partial charge in [0, 0.05) is 16.9 Å². The van der Waals surface area contributed by atoms with Crippen molar-refractivity contribution in [2.75, 3.05) is 5.32 Å². The SMILES string of the molecule is N=C(C=O)c1ccccc1Nc1ccc(O)cc1. The number of hydrogen-bond donors (Lipinski definition) is 3. The van der Waals surface area contributed by atoms with Crippen molar-refractivity contribution in [1.29, 1.82) is 5.41 Å². The highest BCUT2D eigenvalue weighted by molar-refractivity contribution is 6.36. The lowest BCUT2D eigenvalue weighted by molar-refractivity contribution is -0.102. The van der Waals surface area contributed by atoms with Gasteiger partial charge in [0.2, 0.25) is 0 Å². The van der Waals surface area contributed by atoms with Crippen LogP contribution in [-0.2, 0) is 4.79 Å². The molecule has 0 fully saturated rings. The first-order valence-corrected chi connectivity index (χ1v) is 5.40. The minimum atomic E-state index is -0.0723. The molecule has 0 aliphatic carbocycles. The lowest BCUT2D eigenvalue weighted by atomic mass is 10.1. The van der Waals surface area contributed by atoms with E-state index in [1.807, 2.05) is 6.07 Å². The first-order chi connectivity index (χ1) is 8.70. The number of para-hydroxylation sites is 1. The molecule has 0 aromatic heterocycles. The third kappa shape index (κ3) is 2.55. The molecule has 90 valence electrons. The zero-order chi connectivity index (χ0) is 13.0. The molecular weight excluding hydrogens is 228 g/mol. The zero-order valence-electron chi connectivity index (χ0n) is 9.55. The van der Waals surface area contributed by atoms with Crippen LogP contribution in [0.3, 0.4) is 0 Å². The van der Waals surface area contributed by atoms with Crippen LogP contribution < -0.4 is 5.32 Å². The summed E-state index contributed by atoms with van der Waals surface area (Å²) >= 11 is 0. The fourth-order valence-corrected chi connectivity index (χ4v) is 1.59. The smallest absolute Gasteiger partial charge is 0.168 e. The minimum Gasteiger partial charge on any atom is -0.508 e. The predicted molar refractivity (Wildman–Crippen MR) is 70.7 cm³/mol. The average Bonchev–Trinajstić information content (AvgIpc) is 2.41. The molecule has 0 radical (unpaired) electrons. The Morgan fingerprint density at radius 3 is 2.44 bits per heavy atom. The van der Waals surface area contributed by atoms with Crippen molar-refractivity contribution in [3.05, 3.63) is 54.1 Å². The Balaban J connectivity index is 2.31. The summed E-state index contributed by atoms with van der Waals surface area (Å²) in [6.45, 7) is 0. The van der Waals surface area contributed by atoms with Crippen LogP contribution in [-0.4, -0.2) is 17.1 Å². The maximum absolute atomic E-state index is 10.7. The summed E-state index contributed by atoms with van der Waals surface area (Å²) in [6.07, 6.45) is 0.511. The van der Waals surface area contributed by atoms with Crippen molar-refractivity contribution in [1.82, 2.24) is 0 Å². The summed E-state index contributed by atoms with van der Waals surface area (Å²) in [7, 11) is 0. The number of phenolic OH excluding ortho intramolecular Hbond substituents is 1. The van der Waals surface area contributed by atoms with E-state index in [1.165, 1.54) is 0 Å². The fourth-order valence-electron chi connectivity index (χ4n) is 1.59. The molecule has 0 amide bonds. The molecule has 0 spiro atoms. The van der Waals surface area contributed by atoms with Crippen LogP contribution in [0.25, 0.3) is 0 Å². The van der Waals surface area contributed by atoms with E-state index in [-0.39, 0.29) is 11.5 Å². The van der Waals surface area contributed by atoms with Gasteiger partial charge >= 0.3 is 0 Å². The number of hydrogen-bond acceptors (Lipinski definition) is 4. The van der Waals surface area contributed by atoms with Crippen LogP contribution in [0.15, 0.2) is 48.5 Å². The van der Waals surface area contributed by atoms with Gasteiger partial charge in [-0.1, -0.05) is 18.2 Å². The van der Waals surface area contributed by atoms with Crippen molar-refractivity contribution in [3.8, 4) is 5.75 Å². The van der Waals surface area contributed by atoms with Crippen molar-refractivity contribution in [2.45, 2.75) is 0 Å². The van der Waals surface area contributed by atoms with Crippen LogP contribution in [0, 0.1) is 5.41 Å². The second kappa shape index (κ2) is 5.14. The van der Waals surface area contributed by atoms with E-state index in [0.29, 0.717) is 17.5 Å². The molecule has 4 nitrogen and oxygen atoms in total. The third-order valence-corrected chi connectivity index (χ3v) is 2.48. The molecule has 2 rings (SSSR count). The Hall–Kier alpha value is -2.62. The quantitative estimate of drug-likeness (QED) is 0.437. The molecule has 2 aromatic carbocycles. The van der Waals surface area contributed by atoms with Gasteiger partial charge in [0.05, 0.1) is 0 Å². The number of phenols is 1. The molecule has 0 atom stereocenters. The van der Waals surface area contributed by atoms with E-state index in [9.17, 15) is 9.90 Å². The second-order valence-electron chi connectivity index (χ2n) is 3.75. The van der Waals surface area contributed by atoms with E-state index < -0.39 is 0 Å². The van der Waals surface area contributed by atoms with Gasteiger partial charge in [-0.15, -0.1) is 0 Å². The summed E-state index contributed by atoms with van der Waals surface area (Å²) in [6, 6.07) is 13.7. The van der Waals surface area contributed by atoms with E-state index in [2.05, 4.69) is 5.32 Å². The van der Waals surface area contributed by atoms with Crippen molar-refractivity contribution < 1.29 is 9.90 Å².